The van der Waals surface area contributed by atoms with Gasteiger partial charge in [-0.15, -0.1) is 11.3 Å². The average Bonchev–Trinajstić information content (AvgIpc) is 3.64. The summed E-state index contributed by atoms with van der Waals surface area (Å²) < 4.78 is 7.30. The van der Waals surface area contributed by atoms with Crippen molar-refractivity contribution in [2.75, 3.05) is 44.7 Å². The Morgan fingerprint density at radius 2 is 2.12 bits per heavy atom. The number of fused-ring (bicyclic) bond motifs is 2. The zero-order valence-electron chi connectivity index (χ0n) is 22.8. The highest BCUT2D eigenvalue weighted by Crippen LogP contribution is 2.38. The van der Waals surface area contributed by atoms with E-state index in [2.05, 4.69) is 47.0 Å². The lowest BCUT2D eigenvalue weighted by molar-refractivity contribution is -0.128. The molecule has 2 aliphatic heterocycles. The lowest BCUT2D eigenvalue weighted by atomic mass is 10.1. The zero-order valence-corrected chi connectivity index (χ0v) is 24.4. The van der Waals surface area contributed by atoms with Crippen LogP contribution in [-0.4, -0.2) is 82.6 Å². The van der Waals surface area contributed by atoms with Crippen molar-refractivity contribution in [1.29, 1.82) is 5.26 Å². The molecule has 0 radical (unpaired) electrons. The number of nitriles is 1. The van der Waals surface area contributed by atoms with Crippen LogP contribution in [0.1, 0.15) is 19.3 Å². The van der Waals surface area contributed by atoms with Crippen LogP contribution in [0.15, 0.2) is 48.4 Å². The van der Waals surface area contributed by atoms with E-state index < -0.39 is 0 Å². The van der Waals surface area contributed by atoms with E-state index in [9.17, 15) is 10.1 Å². The van der Waals surface area contributed by atoms with Crippen LogP contribution in [-0.2, 0) is 4.79 Å². The molecule has 0 saturated carbocycles. The molecule has 1 aromatic carbocycles. The number of hydrogen-bond acceptors (Lipinski definition) is 9. The van der Waals surface area contributed by atoms with Crippen LogP contribution in [0.5, 0.6) is 6.01 Å². The smallest absolute Gasteiger partial charge is 0.320 e. The Labute approximate surface area is 247 Å². The number of ether oxygens (including phenoxy) is 1. The van der Waals surface area contributed by atoms with E-state index in [1.54, 1.807) is 16.2 Å². The van der Waals surface area contributed by atoms with Crippen LogP contribution in [0.2, 0.25) is 5.02 Å². The van der Waals surface area contributed by atoms with Gasteiger partial charge in [-0.2, -0.15) is 15.2 Å². The molecular formula is C30H30ClN7O2S. The second-order valence-electron chi connectivity index (χ2n) is 10.4. The van der Waals surface area contributed by atoms with Crippen molar-refractivity contribution in [1.82, 2.24) is 24.8 Å². The number of nitrogens with zero attached hydrogens (tertiary/aromatic N) is 7. The lowest BCUT2D eigenvalue weighted by Crippen LogP contribution is -2.55. The maximum absolute atomic E-state index is 12.5. The SMILES string of the molecule is C=CC(=O)N1CCN(c2nc(OC[C@@H]3CCCN3C)nc3nc(-c4cccc5ccsc45)c(Cl)cc23)C[C@@H]1CC#N. The first kappa shape index (κ1) is 27.4. The largest absolute Gasteiger partial charge is 0.462 e. The third kappa shape index (κ3) is 5.33. The first-order valence-corrected chi connectivity index (χ1v) is 15.0. The number of aromatic nitrogens is 3. The molecule has 9 nitrogen and oxygen atoms in total. The van der Waals surface area contributed by atoms with Gasteiger partial charge in [-0.25, -0.2) is 4.98 Å². The third-order valence-corrected chi connectivity index (χ3v) is 9.23. The summed E-state index contributed by atoms with van der Waals surface area (Å²) in [5.74, 6) is 0.452. The van der Waals surface area contributed by atoms with Gasteiger partial charge in [-0.1, -0.05) is 36.4 Å². The summed E-state index contributed by atoms with van der Waals surface area (Å²) in [6, 6.07) is 12.5. The van der Waals surface area contributed by atoms with Crippen molar-refractivity contribution in [3.05, 3.63) is 53.4 Å². The molecule has 4 aromatic rings. The highest BCUT2D eigenvalue weighted by atomic mass is 35.5. The number of carbonyl (C=O) groups is 1. The first-order chi connectivity index (χ1) is 20.0. The maximum atomic E-state index is 12.5. The van der Waals surface area contributed by atoms with Gasteiger partial charge in [-0.05, 0) is 55.4 Å². The van der Waals surface area contributed by atoms with Crippen molar-refractivity contribution in [2.24, 2.45) is 0 Å². The lowest BCUT2D eigenvalue weighted by Gasteiger charge is -2.41. The van der Waals surface area contributed by atoms with Gasteiger partial charge < -0.3 is 19.4 Å². The average molecular weight is 588 g/mol. The number of benzene rings is 1. The molecular weight excluding hydrogens is 558 g/mol. The van der Waals surface area contributed by atoms with Crippen LogP contribution in [0, 0.1) is 11.3 Å². The van der Waals surface area contributed by atoms with Crippen molar-refractivity contribution < 1.29 is 9.53 Å². The minimum absolute atomic E-state index is 0.181. The number of likely N-dealkylation sites (tertiary alicyclic amines) is 1. The highest BCUT2D eigenvalue weighted by Gasteiger charge is 2.32. The van der Waals surface area contributed by atoms with Crippen LogP contribution in [0.3, 0.4) is 0 Å². The number of rotatable bonds is 7. The molecule has 0 bridgehead atoms. The fourth-order valence-corrected chi connectivity index (χ4v) is 6.93. The van der Waals surface area contributed by atoms with Gasteiger partial charge in [0.15, 0.2) is 5.65 Å². The Bertz CT molecular complexity index is 1670. The zero-order chi connectivity index (χ0) is 28.5. The summed E-state index contributed by atoms with van der Waals surface area (Å²) in [6.45, 7) is 6.54. The van der Waals surface area contributed by atoms with Crippen molar-refractivity contribution in [2.45, 2.75) is 31.3 Å². The summed E-state index contributed by atoms with van der Waals surface area (Å²) in [6.07, 6.45) is 3.70. The number of carbonyl (C=O) groups excluding carboxylic acids is 1. The van der Waals surface area contributed by atoms with Crippen molar-refractivity contribution >= 4 is 55.8 Å². The van der Waals surface area contributed by atoms with Gasteiger partial charge in [0, 0.05) is 35.9 Å². The summed E-state index contributed by atoms with van der Waals surface area (Å²) >= 11 is 8.55. The Morgan fingerprint density at radius 3 is 2.90 bits per heavy atom. The van der Waals surface area contributed by atoms with E-state index in [-0.39, 0.29) is 24.4 Å². The molecule has 0 unspecified atom stereocenters. The molecule has 2 saturated heterocycles. The molecule has 2 fully saturated rings. The number of halogens is 1. The van der Waals surface area contributed by atoms with E-state index in [1.165, 1.54) is 6.08 Å². The Kier molecular flexibility index (Phi) is 7.75. The van der Waals surface area contributed by atoms with E-state index in [4.69, 9.17) is 31.3 Å². The molecule has 6 rings (SSSR count). The summed E-state index contributed by atoms with van der Waals surface area (Å²) in [5, 5.41) is 13.9. The predicted molar refractivity (Wildman–Crippen MR) is 162 cm³/mol. The molecule has 1 amide bonds. The normalized spacial score (nSPS) is 19.5. The number of hydrogen-bond donors (Lipinski definition) is 0. The third-order valence-electron chi connectivity index (χ3n) is 7.98. The molecule has 0 spiro atoms. The van der Waals surface area contributed by atoms with Gasteiger partial charge in [0.1, 0.15) is 12.4 Å². The van der Waals surface area contributed by atoms with Crippen molar-refractivity contribution in [3.8, 4) is 23.3 Å². The molecule has 5 heterocycles. The van der Waals surface area contributed by atoms with Gasteiger partial charge in [0.05, 0.1) is 34.6 Å². The number of thiophene rings is 1. The molecule has 11 heteroatoms. The van der Waals surface area contributed by atoms with E-state index in [1.807, 2.05) is 18.2 Å². The second kappa shape index (κ2) is 11.6. The van der Waals surface area contributed by atoms with E-state index >= 15 is 0 Å². The second-order valence-corrected chi connectivity index (χ2v) is 11.8. The standard InChI is InChI=1S/C30H30ClN7O2S/c1-3-25(39)38-14-13-37(17-20(38)9-11-32)29-23-16-24(31)26(22-8-4-6-19-10-15-41-27(19)22)33-28(23)34-30(35-29)40-18-21-7-5-12-36(21)2/h3-4,6,8,10,15-16,20-21H,1,5,7,9,12-14,17-18H2,2H3/t20-,21-/m0/s1. The van der Waals surface area contributed by atoms with Crippen LogP contribution >= 0.6 is 22.9 Å². The Balaban J connectivity index is 1.43. The quantitative estimate of drug-likeness (QED) is 0.274. The van der Waals surface area contributed by atoms with Gasteiger partial charge in [-0.3, -0.25) is 4.79 Å². The molecule has 210 valence electrons. The molecule has 2 atom stereocenters. The van der Waals surface area contributed by atoms with Gasteiger partial charge >= 0.3 is 6.01 Å². The fraction of sp³-hybridized carbons (Fsp3) is 0.367. The predicted octanol–water partition coefficient (Wildman–Crippen LogP) is 5.15. The molecule has 0 aliphatic carbocycles. The molecule has 3 aromatic heterocycles. The minimum atomic E-state index is -0.306. The number of pyridine rings is 1. The summed E-state index contributed by atoms with van der Waals surface area (Å²) in [4.78, 5) is 33.1. The van der Waals surface area contributed by atoms with Crippen LogP contribution in [0.25, 0.3) is 32.4 Å². The topological polar surface area (TPSA) is 98.5 Å². The monoisotopic (exact) mass is 587 g/mol. The molecule has 41 heavy (non-hydrogen) atoms. The Morgan fingerprint density at radius 1 is 1.24 bits per heavy atom. The fourth-order valence-electron chi connectivity index (χ4n) is 5.77. The minimum Gasteiger partial charge on any atom is -0.462 e. The number of amides is 1. The van der Waals surface area contributed by atoms with Crippen LogP contribution < -0.4 is 9.64 Å². The summed E-state index contributed by atoms with van der Waals surface area (Å²) in [5.41, 5.74) is 2.09. The number of likely N-dealkylation sites (N-methyl/N-ethyl adjacent to an activating group) is 1. The number of piperazine rings is 1. The first-order valence-electron chi connectivity index (χ1n) is 13.7. The molecule has 0 N–H and O–H groups in total. The van der Waals surface area contributed by atoms with Gasteiger partial charge in [0.2, 0.25) is 5.91 Å². The highest BCUT2D eigenvalue weighted by molar-refractivity contribution is 7.17. The van der Waals surface area contributed by atoms with Gasteiger partial charge in [0.25, 0.3) is 0 Å². The molecule has 2 aliphatic rings. The van der Waals surface area contributed by atoms with E-state index in [0.29, 0.717) is 59.9 Å². The Hall–Kier alpha value is -3.78. The number of anilines is 1. The van der Waals surface area contributed by atoms with Crippen LogP contribution in [0.4, 0.5) is 5.82 Å². The summed E-state index contributed by atoms with van der Waals surface area (Å²) in [7, 11) is 2.11. The van der Waals surface area contributed by atoms with E-state index in [0.717, 1.165) is 35.0 Å². The van der Waals surface area contributed by atoms with Crippen molar-refractivity contribution in [3.63, 3.8) is 0 Å². The maximum Gasteiger partial charge on any atom is 0.320 e.